The molecule has 1 N–H and O–H groups in total. The van der Waals surface area contributed by atoms with Crippen LogP contribution in [0.2, 0.25) is 0 Å². The number of carbonyl (C=O) groups excluding carboxylic acids is 1. The number of carbonyl (C=O) groups is 2. The molecule has 1 aromatic carbocycles. The molecule has 1 amide bonds. The first kappa shape index (κ1) is 17.1. The summed E-state index contributed by atoms with van der Waals surface area (Å²) >= 11 is 0. The molecule has 0 saturated carbocycles. The Morgan fingerprint density at radius 1 is 1.13 bits per heavy atom. The summed E-state index contributed by atoms with van der Waals surface area (Å²) in [5, 5.41) is 8.90. The predicted molar refractivity (Wildman–Crippen MR) is 77.4 cm³/mol. The summed E-state index contributed by atoms with van der Waals surface area (Å²) in [5.41, 5.74) is -0.247. The van der Waals surface area contributed by atoms with Gasteiger partial charge in [0.2, 0.25) is 5.91 Å². The number of hydrogen-bond acceptors (Lipinski definition) is 2. The van der Waals surface area contributed by atoms with E-state index in [4.69, 9.17) is 5.11 Å². The van der Waals surface area contributed by atoms with Gasteiger partial charge in [-0.3, -0.25) is 9.59 Å². The summed E-state index contributed by atoms with van der Waals surface area (Å²) in [7, 11) is 0. The van der Waals surface area contributed by atoms with E-state index in [2.05, 4.69) is 0 Å². The van der Waals surface area contributed by atoms with Crippen molar-refractivity contribution in [1.82, 2.24) is 4.90 Å². The van der Waals surface area contributed by atoms with Crippen molar-refractivity contribution >= 4 is 18.0 Å². The van der Waals surface area contributed by atoms with Gasteiger partial charge in [-0.1, -0.05) is 12.1 Å². The van der Waals surface area contributed by atoms with Crippen molar-refractivity contribution in [3.05, 3.63) is 41.5 Å². The minimum atomic E-state index is -4.38. The molecule has 0 aromatic heterocycles. The fraction of sp³-hybridized carbons (Fsp3) is 0.375. The van der Waals surface area contributed by atoms with Crippen LogP contribution >= 0.6 is 0 Å². The lowest BCUT2D eigenvalue weighted by Gasteiger charge is -2.29. The van der Waals surface area contributed by atoms with Gasteiger partial charge in [-0.25, -0.2) is 0 Å². The Labute approximate surface area is 131 Å². The molecule has 0 aliphatic carbocycles. The molecule has 1 aromatic rings. The first-order valence-electron chi connectivity index (χ1n) is 7.14. The van der Waals surface area contributed by atoms with Gasteiger partial charge in [0.1, 0.15) is 0 Å². The van der Waals surface area contributed by atoms with E-state index in [0.717, 1.165) is 12.1 Å². The highest BCUT2D eigenvalue weighted by Gasteiger charge is 2.30. The maximum atomic E-state index is 12.4. The first-order valence-corrected chi connectivity index (χ1v) is 7.14. The van der Waals surface area contributed by atoms with Crippen molar-refractivity contribution < 1.29 is 27.9 Å². The number of aliphatic carboxylic acids is 1. The molecule has 0 unspecified atom stereocenters. The largest absolute Gasteiger partial charge is 0.481 e. The summed E-state index contributed by atoms with van der Waals surface area (Å²) in [6, 6.07) is 4.51. The van der Waals surface area contributed by atoms with Crippen molar-refractivity contribution in [1.29, 1.82) is 0 Å². The molecule has 1 heterocycles. The van der Waals surface area contributed by atoms with Crippen LogP contribution in [0.3, 0.4) is 0 Å². The molecular weight excluding hydrogens is 311 g/mol. The monoisotopic (exact) mass is 327 g/mol. The van der Waals surface area contributed by atoms with Crippen LogP contribution in [-0.2, 0) is 15.8 Å². The predicted octanol–water partition coefficient (Wildman–Crippen LogP) is 3.04. The second-order valence-electron chi connectivity index (χ2n) is 5.39. The number of alkyl halides is 3. The second-order valence-corrected chi connectivity index (χ2v) is 5.39. The maximum absolute atomic E-state index is 12.4. The van der Waals surface area contributed by atoms with Gasteiger partial charge in [-0.05, 0) is 36.6 Å². The van der Waals surface area contributed by atoms with Crippen LogP contribution in [0.25, 0.3) is 6.08 Å². The minimum Gasteiger partial charge on any atom is -0.481 e. The van der Waals surface area contributed by atoms with E-state index in [1.807, 2.05) is 0 Å². The number of piperidine rings is 1. The number of hydrogen-bond donors (Lipinski definition) is 1. The molecule has 0 atom stereocenters. The first-order chi connectivity index (χ1) is 10.8. The summed E-state index contributed by atoms with van der Waals surface area (Å²) in [6.45, 7) is 0.736. The smallest absolute Gasteiger partial charge is 0.416 e. The Morgan fingerprint density at radius 3 is 2.17 bits per heavy atom. The molecule has 0 radical (unpaired) electrons. The number of benzene rings is 1. The van der Waals surface area contributed by atoms with Crippen molar-refractivity contribution in [2.75, 3.05) is 13.1 Å². The fourth-order valence-corrected chi connectivity index (χ4v) is 2.40. The summed E-state index contributed by atoms with van der Waals surface area (Å²) in [4.78, 5) is 24.4. The van der Waals surface area contributed by atoms with E-state index in [9.17, 15) is 22.8 Å². The van der Waals surface area contributed by atoms with Crippen molar-refractivity contribution in [3.8, 4) is 0 Å². The van der Waals surface area contributed by atoms with Gasteiger partial charge in [0.25, 0.3) is 0 Å². The second kappa shape index (κ2) is 6.85. The van der Waals surface area contributed by atoms with Crippen molar-refractivity contribution in [3.63, 3.8) is 0 Å². The van der Waals surface area contributed by atoms with Crippen LogP contribution in [0.5, 0.6) is 0 Å². The molecule has 7 heteroatoms. The third-order valence-corrected chi connectivity index (χ3v) is 3.81. The standard InChI is InChI=1S/C16H16F3NO3/c17-16(18,19)13-4-1-11(2-5-13)3-6-14(21)20-9-7-12(8-10-20)15(22)23/h1-6,12H,7-10H2,(H,22,23)/b6-3+. The van der Waals surface area contributed by atoms with Crippen molar-refractivity contribution in [2.45, 2.75) is 19.0 Å². The van der Waals surface area contributed by atoms with E-state index in [1.54, 1.807) is 4.90 Å². The Morgan fingerprint density at radius 2 is 1.70 bits per heavy atom. The number of nitrogens with zero attached hydrogens (tertiary/aromatic N) is 1. The zero-order valence-corrected chi connectivity index (χ0v) is 12.2. The van der Waals surface area contributed by atoms with E-state index in [1.165, 1.54) is 24.3 Å². The van der Waals surface area contributed by atoms with Gasteiger partial charge in [-0.15, -0.1) is 0 Å². The van der Waals surface area contributed by atoms with Gasteiger partial charge in [0.15, 0.2) is 0 Å². The molecule has 4 nitrogen and oxygen atoms in total. The zero-order chi connectivity index (χ0) is 17.0. The van der Waals surface area contributed by atoms with Crippen molar-refractivity contribution in [2.24, 2.45) is 5.92 Å². The number of carboxylic acids is 1. The van der Waals surface area contributed by atoms with Gasteiger partial charge in [0.05, 0.1) is 11.5 Å². The maximum Gasteiger partial charge on any atom is 0.416 e. The number of likely N-dealkylation sites (tertiary alicyclic amines) is 1. The number of rotatable bonds is 3. The van der Waals surface area contributed by atoms with Crippen LogP contribution in [0.4, 0.5) is 13.2 Å². The molecule has 0 bridgehead atoms. The SMILES string of the molecule is O=C(O)C1CCN(C(=O)/C=C/c2ccc(C(F)(F)F)cc2)CC1. The lowest BCUT2D eigenvalue weighted by molar-refractivity contribution is -0.144. The lowest BCUT2D eigenvalue weighted by atomic mass is 9.97. The topological polar surface area (TPSA) is 57.6 Å². The van der Waals surface area contributed by atoms with E-state index in [-0.39, 0.29) is 5.91 Å². The minimum absolute atomic E-state index is 0.270. The van der Waals surface area contributed by atoms with Crippen LogP contribution in [0.15, 0.2) is 30.3 Å². The Kier molecular flexibility index (Phi) is 5.08. The fourth-order valence-electron chi connectivity index (χ4n) is 2.40. The van der Waals surface area contributed by atoms with Gasteiger partial charge in [0, 0.05) is 19.2 Å². The highest BCUT2D eigenvalue weighted by Crippen LogP contribution is 2.29. The lowest BCUT2D eigenvalue weighted by Crippen LogP contribution is -2.39. The van der Waals surface area contributed by atoms with Gasteiger partial charge >= 0.3 is 12.1 Å². The highest BCUT2D eigenvalue weighted by molar-refractivity contribution is 5.92. The van der Waals surface area contributed by atoms with E-state index < -0.39 is 23.6 Å². The van der Waals surface area contributed by atoms with Crippen LogP contribution in [0.1, 0.15) is 24.0 Å². The Balaban J connectivity index is 1.93. The Bertz CT molecular complexity index is 600. The van der Waals surface area contributed by atoms with Crippen LogP contribution < -0.4 is 0 Å². The van der Waals surface area contributed by atoms with Gasteiger partial charge in [-0.2, -0.15) is 13.2 Å². The van der Waals surface area contributed by atoms with E-state index >= 15 is 0 Å². The molecule has 1 fully saturated rings. The third kappa shape index (κ3) is 4.58. The molecule has 2 rings (SSSR count). The molecule has 1 aliphatic rings. The molecular formula is C16H16F3NO3. The number of carboxylic acid groups (broad SMARTS) is 1. The zero-order valence-electron chi connectivity index (χ0n) is 12.2. The molecule has 1 saturated heterocycles. The van der Waals surface area contributed by atoms with Crippen LogP contribution in [-0.4, -0.2) is 35.0 Å². The summed E-state index contributed by atoms with van der Waals surface area (Å²) < 4.78 is 37.3. The van der Waals surface area contributed by atoms with Crippen LogP contribution in [0, 0.1) is 5.92 Å². The van der Waals surface area contributed by atoms with Gasteiger partial charge < -0.3 is 10.0 Å². The molecule has 23 heavy (non-hydrogen) atoms. The average molecular weight is 327 g/mol. The third-order valence-electron chi connectivity index (χ3n) is 3.81. The number of amides is 1. The highest BCUT2D eigenvalue weighted by atomic mass is 19.4. The normalized spacial score (nSPS) is 16.7. The Hall–Kier alpha value is -2.31. The molecule has 1 aliphatic heterocycles. The van der Waals surface area contributed by atoms with E-state index in [0.29, 0.717) is 31.5 Å². The molecule has 124 valence electrons. The quantitative estimate of drug-likeness (QED) is 0.868. The average Bonchev–Trinajstić information content (AvgIpc) is 2.52. The summed E-state index contributed by atoms with van der Waals surface area (Å²) in [5.74, 6) is -1.54. The number of halogens is 3. The molecule has 0 spiro atoms. The summed E-state index contributed by atoms with van der Waals surface area (Å²) in [6.07, 6.45) is -0.813.